The highest BCUT2D eigenvalue weighted by Crippen LogP contribution is 2.19. The summed E-state index contributed by atoms with van der Waals surface area (Å²) in [7, 11) is 0. The van der Waals surface area contributed by atoms with Crippen LogP contribution >= 0.6 is 15.9 Å². The van der Waals surface area contributed by atoms with Crippen LogP contribution in [0.25, 0.3) is 11.0 Å². The predicted octanol–water partition coefficient (Wildman–Crippen LogP) is 3.62. The van der Waals surface area contributed by atoms with E-state index in [-0.39, 0.29) is 5.75 Å². The Bertz CT molecular complexity index is 689. The monoisotopic (exact) mass is 302 g/mol. The molecule has 0 aliphatic rings. The number of nitrogens with one attached hydrogen (secondary N) is 1. The maximum Gasteiger partial charge on any atom is 0.117 e. The zero-order valence-electron chi connectivity index (χ0n) is 9.52. The molecule has 0 radical (unpaired) electrons. The normalized spacial score (nSPS) is 10.9. The van der Waals surface area contributed by atoms with E-state index >= 15 is 0 Å². The molecule has 0 saturated heterocycles. The van der Waals surface area contributed by atoms with Crippen molar-refractivity contribution in [1.82, 2.24) is 9.97 Å². The van der Waals surface area contributed by atoms with Crippen LogP contribution in [0.1, 0.15) is 11.4 Å². The van der Waals surface area contributed by atoms with Gasteiger partial charge in [0, 0.05) is 17.0 Å². The van der Waals surface area contributed by atoms with E-state index in [1.165, 1.54) is 5.56 Å². The molecule has 3 nitrogen and oxygen atoms in total. The van der Waals surface area contributed by atoms with Crippen LogP contribution in [0.2, 0.25) is 0 Å². The SMILES string of the molecule is Oc1ccc2nc(Cc3ccc(Br)cc3)[nH]c2c1. The second-order valence-corrected chi connectivity index (χ2v) is 5.10. The van der Waals surface area contributed by atoms with Gasteiger partial charge in [0.1, 0.15) is 11.6 Å². The molecule has 0 amide bonds. The minimum atomic E-state index is 0.251. The summed E-state index contributed by atoms with van der Waals surface area (Å²) in [6.07, 6.45) is 0.753. The fourth-order valence-electron chi connectivity index (χ4n) is 1.93. The van der Waals surface area contributed by atoms with Crippen molar-refractivity contribution in [1.29, 1.82) is 0 Å². The number of imidazole rings is 1. The Labute approximate surface area is 113 Å². The molecule has 3 aromatic rings. The number of phenolic OH excluding ortho intramolecular Hbond substituents is 1. The molecular formula is C14H11BrN2O. The summed E-state index contributed by atoms with van der Waals surface area (Å²) >= 11 is 3.42. The van der Waals surface area contributed by atoms with Crippen molar-refractivity contribution >= 4 is 27.0 Å². The quantitative estimate of drug-likeness (QED) is 0.759. The maximum atomic E-state index is 9.41. The topological polar surface area (TPSA) is 48.9 Å². The Balaban J connectivity index is 1.92. The van der Waals surface area contributed by atoms with Crippen LogP contribution < -0.4 is 0 Å². The molecule has 0 bridgehead atoms. The molecule has 18 heavy (non-hydrogen) atoms. The van der Waals surface area contributed by atoms with E-state index in [0.717, 1.165) is 27.8 Å². The number of hydrogen-bond donors (Lipinski definition) is 2. The highest BCUT2D eigenvalue weighted by molar-refractivity contribution is 9.10. The average Bonchev–Trinajstić information content (AvgIpc) is 2.73. The number of hydrogen-bond acceptors (Lipinski definition) is 2. The lowest BCUT2D eigenvalue weighted by atomic mass is 10.1. The predicted molar refractivity (Wildman–Crippen MR) is 74.7 cm³/mol. The van der Waals surface area contributed by atoms with Gasteiger partial charge in [-0.05, 0) is 29.8 Å². The molecule has 0 fully saturated rings. The van der Waals surface area contributed by atoms with E-state index < -0.39 is 0 Å². The number of halogens is 1. The van der Waals surface area contributed by atoms with Crippen LogP contribution in [0, 0.1) is 0 Å². The molecule has 90 valence electrons. The fraction of sp³-hybridized carbons (Fsp3) is 0.0714. The highest BCUT2D eigenvalue weighted by atomic mass is 79.9. The molecule has 1 aromatic heterocycles. The van der Waals surface area contributed by atoms with Gasteiger partial charge in [-0.25, -0.2) is 4.98 Å². The molecule has 1 heterocycles. The Morgan fingerprint density at radius 2 is 1.89 bits per heavy atom. The van der Waals surface area contributed by atoms with Crippen molar-refractivity contribution in [3.63, 3.8) is 0 Å². The van der Waals surface area contributed by atoms with Crippen LogP contribution in [0.15, 0.2) is 46.9 Å². The number of aromatic hydroxyl groups is 1. The minimum Gasteiger partial charge on any atom is -0.508 e. The van der Waals surface area contributed by atoms with Gasteiger partial charge in [-0.2, -0.15) is 0 Å². The molecule has 2 aromatic carbocycles. The molecule has 0 atom stereocenters. The van der Waals surface area contributed by atoms with Crippen LogP contribution in [0.4, 0.5) is 0 Å². The lowest BCUT2D eigenvalue weighted by Crippen LogP contribution is -1.89. The summed E-state index contributed by atoms with van der Waals surface area (Å²) in [6, 6.07) is 13.3. The van der Waals surface area contributed by atoms with E-state index in [2.05, 4.69) is 38.0 Å². The van der Waals surface area contributed by atoms with Crippen LogP contribution in [-0.2, 0) is 6.42 Å². The fourth-order valence-corrected chi connectivity index (χ4v) is 2.19. The third-order valence-electron chi connectivity index (χ3n) is 2.80. The zero-order chi connectivity index (χ0) is 12.5. The summed E-state index contributed by atoms with van der Waals surface area (Å²) in [5.74, 6) is 1.15. The Morgan fingerprint density at radius 3 is 2.67 bits per heavy atom. The largest absolute Gasteiger partial charge is 0.508 e. The molecule has 0 spiro atoms. The van der Waals surface area contributed by atoms with Crippen LogP contribution in [0.3, 0.4) is 0 Å². The van der Waals surface area contributed by atoms with Crippen molar-refractivity contribution < 1.29 is 5.11 Å². The summed E-state index contributed by atoms with van der Waals surface area (Å²) in [5.41, 5.74) is 2.93. The Kier molecular flexibility index (Phi) is 2.80. The van der Waals surface area contributed by atoms with Gasteiger partial charge >= 0.3 is 0 Å². The highest BCUT2D eigenvalue weighted by Gasteiger charge is 2.04. The Hall–Kier alpha value is -1.81. The van der Waals surface area contributed by atoms with Gasteiger partial charge in [-0.15, -0.1) is 0 Å². The van der Waals surface area contributed by atoms with Crippen molar-refractivity contribution in [2.24, 2.45) is 0 Å². The summed E-state index contributed by atoms with van der Waals surface area (Å²) in [4.78, 5) is 7.71. The van der Waals surface area contributed by atoms with Crippen LogP contribution in [0.5, 0.6) is 5.75 Å². The summed E-state index contributed by atoms with van der Waals surface area (Å²) < 4.78 is 1.07. The van der Waals surface area contributed by atoms with Gasteiger partial charge in [0.25, 0.3) is 0 Å². The molecule has 3 rings (SSSR count). The number of benzene rings is 2. The van der Waals surface area contributed by atoms with Gasteiger partial charge in [-0.3, -0.25) is 0 Å². The van der Waals surface area contributed by atoms with E-state index in [1.54, 1.807) is 12.1 Å². The first-order valence-corrected chi connectivity index (χ1v) is 6.42. The van der Waals surface area contributed by atoms with Gasteiger partial charge in [0.05, 0.1) is 11.0 Å². The number of aromatic amines is 1. The lowest BCUT2D eigenvalue weighted by molar-refractivity contribution is 0.476. The van der Waals surface area contributed by atoms with Gasteiger partial charge < -0.3 is 10.1 Å². The van der Waals surface area contributed by atoms with Gasteiger partial charge in [0.15, 0.2) is 0 Å². The number of nitrogens with zero attached hydrogens (tertiary/aromatic N) is 1. The molecule has 0 saturated carbocycles. The Morgan fingerprint density at radius 1 is 1.11 bits per heavy atom. The third kappa shape index (κ3) is 2.24. The summed E-state index contributed by atoms with van der Waals surface area (Å²) in [5, 5.41) is 9.41. The lowest BCUT2D eigenvalue weighted by Gasteiger charge is -1.97. The van der Waals surface area contributed by atoms with Crippen molar-refractivity contribution in [2.75, 3.05) is 0 Å². The molecule has 4 heteroatoms. The minimum absolute atomic E-state index is 0.251. The number of phenols is 1. The second kappa shape index (κ2) is 4.46. The molecule has 2 N–H and O–H groups in total. The van der Waals surface area contributed by atoms with Gasteiger partial charge in [0.2, 0.25) is 0 Å². The number of aromatic nitrogens is 2. The first kappa shape index (κ1) is 11.3. The maximum absolute atomic E-state index is 9.41. The first-order chi connectivity index (χ1) is 8.70. The molecule has 0 aliphatic heterocycles. The van der Waals surface area contributed by atoms with Crippen molar-refractivity contribution in [3.8, 4) is 5.75 Å². The molecular weight excluding hydrogens is 292 g/mol. The second-order valence-electron chi connectivity index (χ2n) is 4.19. The van der Waals surface area contributed by atoms with Crippen molar-refractivity contribution in [3.05, 3.63) is 58.3 Å². The number of rotatable bonds is 2. The molecule has 0 aliphatic carbocycles. The van der Waals surface area contributed by atoms with Crippen molar-refractivity contribution in [2.45, 2.75) is 6.42 Å². The number of fused-ring (bicyclic) bond motifs is 1. The molecule has 0 unspecified atom stereocenters. The van der Waals surface area contributed by atoms with E-state index in [4.69, 9.17) is 0 Å². The smallest absolute Gasteiger partial charge is 0.117 e. The standard InChI is InChI=1S/C14H11BrN2O/c15-10-3-1-9(2-4-10)7-14-16-12-6-5-11(18)8-13(12)17-14/h1-6,8,18H,7H2,(H,16,17). The first-order valence-electron chi connectivity index (χ1n) is 5.63. The van der Waals surface area contributed by atoms with E-state index in [9.17, 15) is 5.11 Å². The average molecular weight is 303 g/mol. The zero-order valence-corrected chi connectivity index (χ0v) is 11.1. The van der Waals surface area contributed by atoms with Crippen LogP contribution in [-0.4, -0.2) is 15.1 Å². The third-order valence-corrected chi connectivity index (χ3v) is 3.33. The number of H-pyrrole nitrogens is 1. The van der Waals surface area contributed by atoms with E-state index in [0.29, 0.717) is 0 Å². The van der Waals surface area contributed by atoms with Gasteiger partial charge in [-0.1, -0.05) is 28.1 Å². The summed E-state index contributed by atoms with van der Waals surface area (Å²) in [6.45, 7) is 0. The van der Waals surface area contributed by atoms with E-state index in [1.807, 2.05) is 18.2 Å².